The fraction of sp³-hybridized carbons (Fsp3) is 0.217. The Morgan fingerprint density at radius 3 is 2.50 bits per heavy atom. The zero-order valence-corrected chi connectivity index (χ0v) is 17.1. The lowest BCUT2D eigenvalue weighted by molar-refractivity contribution is -0.136. The highest BCUT2D eigenvalue weighted by Crippen LogP contribution is 2.27. The van der Waals surface area contributed by atoms with E-state index in [4.69, 9.17) is 16.0 Å². The third-order valence-corrected chi connectivity index (χ3v) is 5.49. The van der Waals surface area contributed by atoms with Crippen molar-refractivity contribution in [2.24, 2.45) is 0 Å². The number of anilines is 1. The van der Waals surface area contributed by atoms with Crippen LogP contribution in [0.2, 0.25) is 5.02 Å². The predicted molar refractivity (Wildman–Crippen MR) is 115 cm³/mol. The lowest BCUT2D eigenvalue weighted by Crippen LogP contribution is -2.43. The molecule has 6 nitrogen and oxygen atoms in total. The third kappa shape index (κ3) is 4.72. The van der Waals surface area contributed by atoms with Crippen molar-refractivity contribution in [1.82, 2.24) is 10.2 Å². The Bertz CT molecular complexity index is 1020. The molecule has 0 spiro atoms. The van der Waals surface area contributed by atoms with Crippen LogP contribution in [0.3, 0.4) is 0 Å². The Hall–Kier alpha value is -3.09. The van der Waals surface area contributed by atoms with Crippen LogP contribution in [0.4, 0.5) is 5.69 Å². The molecular formula is C23H22ClN3O3. The topological polar surface area (TPSA) is 74.6 Å². The number of rotatable bonds is 5. The van der Waals surface area contributed by atoms with E-state index in [0.717, 1.165) is 25.3 Å². The van der Waals surface area contributed by atoms with Gasteiger partial charge >= 0.3 is 11.8 Å². The van der Waals surface area contributed by atoms with Gasteiger partial charge in [0.05, 0.1) is 12.3 Å². The quantitative estimate of drug-likeness (QED) is 0.612. The van der Waals surface area contributed by atoms with Gasteiger partial charge in [0.2, 0.25) is 0 Å². The summed E-state index contributed by atoms with van der Waals surface area (Å²) < 4.78 is 5.63. The number of carbonyl (C=O) groups is 2. The number of furan rings is 1. The fourth-order valence-corrected chi connectivity index (χ4v) is 3.79. The number of amides is 2. The van der Waals surface area contributed by atoms with E-state index in [9.17, 15) is 9.59 Å². The SMILES string of the molecule is O=C(NC[C@H](c1ccco1)N1CCc2ccccc2C1)C(=O)Nc1ccc(Cl)cc1. The third-order valence-electron chi connectivity index (χ3n) is 5.24. The average molecular weight is 424 g/mol. The molecule has 2 heterocycles. The zero-order chi connectivity index (χ0) is 20.9. The second kappa shape index (κ2) is 9.15. The highest BCUT2D eigenvalue weighted by atomic mass is 35.5. The van der Waals surface area contributed by atoms with E-state index in [1.54, 1.807) is 30.5 Å². The number of fused-ring (bicyclic) bond motifs is 1. The van der Waals surface area contributed by atoms with Crippen molar-refractivity contribution in [3.63, 3.8) is 0 Å². The van der Waals surface area contributed by atoms with Gasteiger partial charge in [-0.05, 0) is 53.9 Å². The van der Waals surface area contributed by atoms with E-state index in [1.807, 2.05) is 18.2 Å². The van der Waals surface area contributed by atoms with Crippen LogP contribution in [-0.2, 0) is 22.6 Å². The maximum atomic E-state index is 12.4. The summed E-state index contributed by atoms with van der Waals surface area (Å²) in [6.45, 7) is 1.87. The summed E-state index contributed by atoms with van der Waals surface area (Å²) in [4.78, 5) is 26.9. The summed E-state index contributed by atoms with van der Waals surface area (Å²) >= 11 is 5.84. The molecule has 1 aliphatic heterocycles. The first-order chi connectivity index (χ1) is 14.6. The van der Waals surface area contributed by atoms with Gasteiger partial charge in [0.1, 0.15) is 5.76 Å². The Morgan fingerprint density at radius 2 is 1.77 bits per heavy atom. The van der Waals surface area contributed by atoms with E-state index < -0.39 is 11.8 Å². The van der Waals surface area contributed by atoms with E-state index in [2.05, 4.69) is 33.7 Å². The lowest BCUT2D eigenvalue weighted by Gasteiger charge is -2.34. The molecule has 4 rings (SSSR count). The number of hydrogen-bond donors (Lipinski definition) is 2. The molecule has 0 saturated carbocycles. The second-order valence-electron chi connectivity index (χ2n) is 7.19. The van der Waals surface area contributed by atoms with Gasteiger partial charge in [0.25, 0.3) is 0 Å². The molecule has 0 radical (unpaired) electrons. The predicted octanol–water partition coefficient (Wildman–Crippen LogP) is 3.79. The van der Waals surface area contributed by atoms with E-state index in [-0.39, 0.29) is 12.6 Å². The van der Waals surface area contributed by atoms with Crippen molar-refractivity contribution in [2.45, 2.75) is 19.0 Å². The zero-order valence-electron chi connectivity index (χ0n) is 16.3. The smallest absolute Gasteiger partial charge is 0.313 e. The highest BCUT2D eigenvalue weighted by Gasteiger charge is 2.27. The molecule has 3 aromatic rings. The summed E-state index contributed by atoms with van der Waals surface area (Å²) in [6.07, 6.45) is 2.55. The van der Waals surface area contributed by atoms with Gasteiger partial charge in [-0.2, -0.15) is 0 Å². The highest BCUT2D eigenvalue weighted by molar-refractivity contribution is 6.39. The van der Waals surface area contributed by atoms with Crippen molar-refractivity contribution in [3.05, 3.63) is 88.8 Å². The lowest BCUT2D eigenvalue weighted by atomic mass is 9.98. The molecule has 154 valence electrons. The molecule has 2 N–H and O–H groups in total. The molecule has 2 aromatic carbocycles. The van der Waals surface area contributed by atoms with E-state index >= 15 is 0 Å². The van der Waals surface area contributed by atoms with Crippen molar-refractivity contribution in [2.75, 3.05) is 18.4 Å². The minimum atomic E-state index is -0.723. The van der Waals surface area contributed by atoms with Crippen LogP contribution >= 0.6 is 11.6 Å². The van der Waals surface area contributed by atoms with Gasteiger partial charge in [-0.25, -0.2) is 0 Å². The van der Waals surface area contributed by atoms with Gasteiger partial charge in [-0.3, -0.25) is 14.5 Å². The molecule has 1 aliphatic rings. The summed E-state index contributed by atoms with van der Waals surface area (Å²) in [5.74, 6) is -0.661. The van der Waals surface area contributed by atoms with Crippen molar-refractivity contribution >= 4 is 29.1 Å². The number of hydrogen-bond acceptors (Lipinski definition) is 4. The first kappa shape index (κ1) is 20.2. The Kier molecular flexibility index (Phi) is 6.16. The summed E-state index contributed by atoms with van der Waals surface area (Å²) in [6, 6.07) is 18.5. The number of halogens is 1. The molecule has 0 bridgehead atoms. The van der Waals surface area contributed by atoms with Crippen LogP contribution < -0.4 is 10.6 Å². The molecule has 0 fully saturated rings. The normalized spacial score (nSPS) is 14.6. The largest absolute Gasteiger partial charge is 0.468 e. The van der Waals surface area contributed by atoms with Crippen LogP contribution in [0.5, 0.6) is 0 Å². The van der Waals surface area contributed by atoms with Gasteiger partial charge < -0.3 is 15.1 Å². The molecule has 2 amide bonds. The van der Waals surface area contributed by atoms with Crippen LogP contribution in [0.25, 0.3) is 0 Å². The Labute approximate surface area is 179 Å². The summed E-state index contributed by atoms with van der Waals surface area (Å²) in [5.41, 5.74) is 3.13. The van der Waals surface area contributed by atoms with E-state index in [0.29, 0.717) is 10.7 Å². The molecule has 1 aromatic heterocycles. The molecule has 30 heavy (non-hydrogen) atoms. The molecule has 1 atom stereocenters. The number of benzene rings is 2. The van der Waals surface area contributed by atoms with Crippen LogP contribution in [0, 0.1) is 0 Å². The summed E-state index contributed by atoms with van der Waals surface area (Å²) in [5, 5.41) is 5.88. The maximum Gasteiger partial charge on any atom is 0.313 e. The average Bonchev–Trinajstić information content (AvgIpc) is 3.30. The van der Waals surface area contributed by atoms with Crippen LogP contribution in [0.1, 0.15) is 22.9 Å². The first-order valence-corrected chi connectivity index (χ1v) is 10.2. The van der Waals surface area contributed by atoms with Gasteiger partial charge in [-0.15, -0.1) is 0 Å². The first-order valence-electron chi connectivity index (χ1n) is 9.79. The van der Waals surface area contributed by atoms with Gasteiger partial charge in [0, 0.05) is 30.3 Å². The molecule has 0 saturated heterocycles. The van der Waals surface area contributed by atoms with Crippen LogP contribution in [-0.4, -0.2) is 29.8 Å². The number of nitrogens with zero attached hydrogens (tertiary/aromatic N) is 1. The van der Waals surface area contributed by atoms with Crippen LogP contribution in [0.15, 0.2) is 71.3 Å². The Balaban J connectivity index is 1.41. The maximum absolute atomic E-state index is 12.4. The molecule has 0 aliphatic carbocycles. The van der Waals surface area contributed by atoms with E-state index in [1.165, 1.54) is 11.1 Å². The number of nitrogens with one attached hydrogen (secondary N) is 2. The minimum Gasteiger partial charge on any atom is -0.468 e. The fourth-order valence-electron chi connectivity index (χ4n) is 3.66. The minimum absolute atomic E-state index is 0.166. The number of carbonyl (C=O) groups excluding carboxylic acids is 2. The monoisotopic (exact) mass is 423 g/mol. The Morgan fingerprint density at radius 1 is 1.00 bits per heavy atom. The van der Waals surface area contributed by atoms with Crippen molar-refractivity contribution in [1.29, 1.82) is 0 Å². The second-order valence-corrected chi connectivity index (χ2v) is 7.63. The standard InChI is InChI=1S/C23H22ClN3O3/c24-18-7-9-19(10-8-18)26-23(29)22(28)25-14-20(21-6-3-13-30-21)27-12-11-16-4-1-2-5-17(16)15-27/h1-10,13,20H,11-12,14-15H2,(H,25,28)(H,26,29)/t20-/m1/s1. The van der Waals surface area contributed by atoms with Crippen molar-refractivity contribution in [3.8, 4) is 0 Å². The molecule has 7 heteroatoms. The van der Waals surface area contributed by atoms with Crippen molar-refractivity contribution < 1.29 is 14.0 Å². The summed E-state index contributed by atoms with van der Waals surface area (Å²) in [7, 11) is 0. The van der Waals surface area contributed by atoms with Gasteiger partial charge in [-0.1, -0.05) is 35.9 Å². The molecule has 0 unspecified atom stereocenters. The van der Waals surface area contributed by atoms with Gasteiger partial charge in [0.15, 0.2) is 0 Å². The molecular weight excluding hydrogens is 402 g/mol.